The summed E-state index contributed by atoms with van der Waals surface area (Å²) in [6, 6.07) is 9.78. The van der Waals surface area contributed by atoms with Crippen LogP contribution >= 0.6 is 0 Å². The van der Waals surface area contributed by atoms with Gasteiger partial charge in [-0.3, -0.25) is 4.98 Å². The van der Waals surface area contributed by atoms with Crippen LogP contribution in [0, 0.1) is 17.7 Å². The van der Waals surface area contributed by atoms with E-state index in [9.17, 15) is 4.39 Å². The van der Waals surface area contributed by atoms with E-state index in [0.717, 1.165) is 24.1 Å². The first-order chi connectivity index (χ1) is 12.7. The Hall–Kier alpha value is -3.30. The second-order valence-corrected chi connectivity index (χ2v) is 6.04. The predicted octanol–water partition coefficient (Wildman–Crippen LogP) is 3.26. The van der Waals surface area contributed by atoms with Crippen LogP contribution < -0.4 is 5.32 Å². The molecule has 0 radical (unpaired) electrons. The van der Waals surface area contributed by atoms with Gasteiger partial charge in [-0.25, -0.2) is 4.39 Å². The number of rotatable bonds is 2. The van der Waals surface area contributed by atoms with Crippen molar-refractivity contribution in [1.29, 1.82) is 0 Å². The Kier molecular flexibility index (Phi) is 4.30. The van der Waals surface area contributed by atoms with Crippen molar-refractivity contribution in [3.05, 3.63) is 77.6 Å². The molecule has 1 aliphatic heterocycles. The maximum atomic E-state index is 13.2. The van der Waals surface area contributed by atoms with Gasteiger partial charge in [-0.15, -0.1) is 0 Å². The number of pyridine rings is 1. The molecule has 1 aromatic carbocycles. The van der Waals surface area contributed by atoms with Crippen LogP contribution in [0.25, 0.3) is 11.5 Å². The standard InChI is InChI=1S/C20H15FN4O/c1-13-9-18(22-11-13)20-24-19(25-26-20)17-8-7-15(12-23-17)6-5-14-3-2-4-16(21)10-14/h2-4,7-8,10,12,18,22H,1,9,11H2/t18-/m0/s1. The Balaban J connectivity index is 1.50. The highest BCUT2D eigenvalue weighted by atomic mass is 19.1. The lowest BCUT2D eigenvalue weighted by molar-refractivity contribution is 0.346. The number of benzene rings is 1. The number of nitrogens with zero attached hydrogens (tertiary/aromatic N) is 3. The monoisotopic (exact) mass is 346 g/mol. The van der Waals surface area contributed by atoms with Crippen molar-refractivity contribution < 1.29 is 8.91 Å². The molecule has 0 aliphatic carbocycles. The highest BCUT2D eigenvalue weighted by Gasteiger charge is 2.24. The van der Waals surface area contributed by atoms with Crippen LogP contribution in [0.5, 0.6) is 0 Å². The van der Waals surface area contributed by atoms with E-state index in [1.54, 1.807) is 24.4 Å². The van der Waals surface area contributed by atoms with E-state index in [-0.39, 0.29) is 11.9 Å². The maximum absolute atomic E-state index is 13.2. The summed E-state index contributed by atoms with van der Waals surface area (Å²) in [5.74, 6) is 6.53. The largest absolute Gasteiger partial charge is 0.337 e. The molecular weight excluding hydrogens is 331 g/mol. The van der Waals surface area contributed by atoms with E-state index in [1.807, 2.05) is 6.07 Å². The van der Waals surface area contributed by atoms with Crippen LogP contribution in [0.3, 0.4) is 0 Å². The molecule has 0 amide bonds. The molecule has 2 aromatic heterocycles. The van der Waals surface area contributed by atoms with E-state index in [4.69, 9.17) is 4.52 Å². The molecule has 1 N–H and O–H groups in total. The zero-order valence-electron chi connectivity index (χ0n) is 13.9. The van der Waals surface area contributed by atoms with Gasteiger partial charge in [0.25, 0.3) is 0 Å². The van der Waals surface area contributed by atoms with E-state index in [1.165, 1.54) is 12.1 Å². The van der Waals surface area contributed by atoms with Gasteiger partial charge in [0.2, 0.25) is 11.7 Å². The van der Waals surface area contributed by atoms with Gasteiger partial charge in [-0.05, 0) is 36.8 Å². The Morgan fingerprint density at radius 2 is 2.08 bits per heavy atom. The third-order valence-corrected chi connectivity index (χ3v) is 4.00. The minimum atomic E-state index is -0.307. The molecular formula is C20H15FN4O. The van der Waals surface area contributed by atoms with Crippen LogP contribution in [-0.2, 0) is 0 Å². The summed E-state index contributed by atoms with van der Waals surface area (Å²) in [5.41, 5.74) is 3.06. The molecule has 128 valence electrons. The van der Waals surface area contributed by atoms with Crippen LogP contribution in [0.1, 0.15) is 29.5 Å². The van der Waals surface area contributed by atoms with E-state index < -0.39 is 0 Å². The van der Waals surface area contributed by atoms with Gasteiger partial charge in [-0.2, -0.15) is 4.98 Å². The van der Waals surface area contributed by atoms with Gasteiger partial charge in [0, 0.05) is 23.9 Å². The molecule has 26 heavy (non-hydrogen) atoms. The van der Waals surface area contributed by atoms with Gasteiger partial charge in [0.15, 0.2) is 0 Å². The zero-order valence-corrected chi connectivity index (χ0v) is 13.9. The summed E-state index contributed by atoms with van der Waals surface area (Å²) >= 11 is 0. The van der Waals surface area contributed by atoms with Crippen molar-refractivity contribution in [3.63, 3.8) is 0 Å². The molecule has 1 fully saturated rings. The Bertz CT molecular complexity index is 1010. The van der Waals surface area contributed by atoms with Gasteiger partial charge in [0.05, 0.1) is 6.04 Å². The molecule has 0 spiro atoms. The molecule has 3 heterocycles. The SMILES string of the molecule is C=C1CN[C@H](c2nc(-c3ccc(C#Cc4cccc(F)c4)cn3)no2)C1. The van der Waals surface area contributed by atoms with E-state index in [0.29, 0.717) is 23.0 Å². The average molecular weight is 346 g/mol. The Labute approximate surface area is 150 Å². The second kappa shape index (κ2) is 6.90. The van der Waals surface area contributed by atoms with Crippen molar-refractivity contribution in [3.8, 4) is 23.4 Å². The zero-order chi connectivity index (χ0) is 17.9. The van der Waals surface area contributed by atoms with Gasteiger partial charge >= 0.3 is 0 Å². The number of nitrogens with one attached hydrogen (secondary N) is 1. The third kappa shape index (κ3) is 3.53. The molecule has 3 aromatic rings. The van der Waals surface area contributed by atoms with Gasteiger partial charge in [0.1, 0.15) is 11.5 Å². The number of aromatic nitrogens is 3. The molecule has 0 saturated carbocycles. The van der Waals surface area contributed by atoms with Crippen molar-refractivity contribution in [2.24, 2.45) is 0 Å². The lowest BCUT2D eigenvalue weighted by Crippen LogP contribution is -2.13. The average Bonchev–Trinajstić information content (AvgIpc) is 3.29. The lowest BCUT2D eigenvalue weighted by atomic mass is 10.2. The van der Waals surface area contributed by atoms with Crippen LogP contribution in [0.4, 0.5) is 4.39 Å². The summed E-state index contributed by atoms with van der Waals surface area (Å²) in [6.45, 7) is 4.71. The highest BCUT2D eigenvalue weighted by Crippen LogP contribution is 2.25. The molecule has 0 unspecified atom stereocenters. The minimum Gasteiger partial charge on any atom is -0.337 e. The molecule has 5 nitrogen and oxygen atoms in total. The number of hydrogen-bond donors (Lipinski definition) is 1. The summed E-state index contributed by atoms with van der Waals surface area (Å²) in [4.78, 5) is 8.74. The molecule has 0 bridgehead atoms. The first kappa shape index (κ1) is 16.2. The quantitative estimate of drug-likeness (QED) is 0.570. The topological polar surface area (TPSA) is 63.8 Å². The van der Waals surface area contributed by atoms with Crippen molar-refractivity contribution in [2.45, 2.75) is 12.5 Å². The minimum absolute atomic E-state index is 0.0140. The lowest BCUT2D eigenvalue weighted by Gasteiger charge is -2.00. The van der Waals surface area contributed by atoms with E-state index in [2.05, 4.69) is 38.9 Å². The van der Waals surface area contributed by atoms with Gasteiger partial charge < -0.3 is 9.84 Å². The summed E-state index contributed by atoms with van der Waals surface area (Å²) in [6.07, 6.45) is 2.43. The number of hydrogen-bond acceptors (Lipinski definition) is 5. The van der Waals surface area contributed by atoms with Gasteiger partial charge in [-0.1, -0.05) is 35.2 Å². The van der Waals surface area contributed by atoms with Crippen LogP contribution in [0.2, 0.25) is 0 Å². The second-order valence-electron chi connectivity index (χ2n) is 6.04. The van der Waals surface area contributed by atoms with E-state index >= 15 is 0 Å². The smallest absolute Gasteiger partial charge is 0.244 e. The maximum Gasteiger partial charge on any atom is 0.244 e. The Morgan fingerprint density at radius 3 is 2.81 bits per heavy atom. The first-order valence-electron chi connectivity index (χ1n) is 8.15. The Morgan fingerprint density at radius 1 is 1.19 bits per heavy atom. The predicted molar refractivity (Wildman–Crippen MR) is 94.4 cm³/mol. The summed E-state index contributed by atoms with van der Waals surface area (Å²) in [5, 5.41) is 7.26. The van der Waals surface area contributed by atoms with Crippen molar-refractivity contribution in [1.82, 2.24) is 20.4 Å². The van der Waals surface area contributed by atoms with Crippen molar-refractivity contribution >= 4 is 0 Å². The summed E-state index contributed by atoms with van der Waals surface area (Å²) in [7, 11) is 0. The normalized spacial score (nSPS) is 16.3. The van der Waals surface area contributed by atoms with Crippen LogP contribution in [-0.4, -0.2) is 21.7 Å². The fourth-order valence-corrected chi connectivity index (χ4v) is 2.67. The molecule has 4 rings (SSSR count). The third-order valence-electron chi connectivity index (χ3n) is 4.00. The molecule has 6 heteroatoms. The first-order valence-corrected chi connectivity index (χ1v) is 8.15. The molecule has 1 aliphatic rings. The summed E-state index contributed by atoms with van der Waals surface area (Å²) < 4.78 is 18.5. The fraction of sp³-hybridized carbons (Fsp3) is 0.150. The molecule has 1 atom stereocenters. The van der Waals surface area contributed by atoms with Crippen molar-refractivity contribution in [2.75, 3.05) is 6.54 Å². The molecule has 1 saturated heterocycles. The highest BCUT2D eigenvalue weighted by molar-refractivity contribution is 5.51. The van der Waals surface area contributed by atoms with Crippen LogP contribution in [0.15, 0.2) is 59.3 Å². The fourth-order valence-electron chi connectivity index (χ4n) is 2.67. The number of halogens is 1.